The Morgan fingerprint density at radius 2 is 2.23 bits per heavy atom. The summed E-state index contributed by atoms with van der Waals surface area (Å²) in [6.07, 6.45) is 6.52. The predicted octanol–water partition coefficient (Wildman–Crippen LogP) is 1.71. The molecule has 0 amide bonds. The minimum atomic E-state index is -0.864. The van der Waals surface area contributed by atoms with Crippen LogP contribution in [-0.2, 0) is 4.79 Å². The molecule has 0 bridgehead atoms. The molecule has 0 aromatic carbocycles. The fourth-order valence-corrected chi connectivity index (χ4v) is 1.60. The van der Waals surface area contributed by atoms with E-state index in [-0.39, 0.29) is 0 Å². The molecular formula is C10H17NO2. The van der Waals surface area contributed by atoms with Crippen LogP contribution in [-0.4, -0.2) is 29.1 Å². The summed E-state index contributed by atoms with van der Waals surface area (Å²) in [7, 11) is 0. The summed E-state index contributed by atoms with van der Waals surface area (Å²) in [5.41, 5.74) is 0. The van der Waals surface area contributed by atoms with Gasteiger partial charge in [-0.15, -0.1) is 0 Å². The van der Waals surface area contributed by atoms with Gasteiger partial charge in [0.2, 0.25) is 0 Å². The molecule has 0 spiro atoms. The van der Waals surface area contributed by atoms with Crippen LogP contribution in [0.5, 0.6) is 0 Å². The zero-order valence-electron chi connectivity index (χ0n) is 8.07. The zero-order chi connectivity index (χ0) is 9.68. The molecule has 1 aliphatic rings. The van der Waals surface area contributed by atoms with E-state index in [0.29, 0.717) is 0 Å². The predicted molar refractivity (Wildman–Crippen MR) is 51.4 cm³/mol. The average molecular weight is 183 g/mol. The monoisotopic (exact) mass is 183 g/mol. The molecule has 1 heterocycles. The second-order valence-electron chi connectivity index (χ2n) is 3.73. The van der Waals surface area contributed by atoms with Gasteiger partial charge in [0.15, 0.2) is 0 Å². The Labute approximate surface area is 79.0 Å². The molecule has 0 saturated carbocycles. The maximum absolute atomic E-state index is 10.3. The number of carboxylic acid groups (broad SMARTS) is 1. The first-order chi connectivity index (χ1) is 6.18. The Kier molecular flexibility index (Phi) is 3.80. The van der Waals surface area contributed by atoms with E-state index in [4.69, 9.17) is 5.11 Å². The van der Waals surface area contributed by atoms with Crippen molar-refractivity contribution in [1.82, 2.24) is 4.90 Å². The number of likely N-dealkylation sites (tertiary alicyclic amines) is 1. The SMILES string of the molecule is CC1CCCN(C=CC(=O)O)CC1. The number of carbonyl (C=O) groups is 1. The van der Waals surface area contributed by atoms with E-state index in [1.54, 1.807) is 6.20 Å². The summed E-state index contributed by atoms with van der Waals surface area (Å²) in [5.74, 6) is -0.0828. The Morgan fingerprint density at radius 1 is 1.46 bits per heavy atom. The van der Waals surface area contributed by atoms with Crippen molar-refractivity contribution in [2.24, 2.45) is 5.92 Å². The van der Waals surface area contributed by atoms with Crippen molar-refractivity contribution in [2.45, 2.75) is 26.2 Å². The topological polar surface area (TPSA) is 40.5 Å². The highest BCUT2D eigenvalue weighted by Crippen LogP contribution is 2.16. The van der Waals surface area contributed by atoms with Crippen LogP contribution in [0.3, 0.4) is 0 Å². The molecule has 0 aromatic heterocycles. The van der Waals surface area contributed by atoms with Crippen LogP contribution in [0.25, 0.3) is 0 Å². The number of aliphatic carboxylic acids is 1. The quantitative estimate of drug-likeness (QED) is 0.662. The number of hydrogen-bond acceptors (Lipinski definition) is 2. The molecular weight excluding hydrogens is 166 g/mol. The third-order valence-corrected chi connectivity index (χ3v) is 2.48. The van der Waals surface area contributed by atoms with Gasteiger partial charge in [0.05, 0.1) is 0 Å². The molecule has 1 fully saturated rings. The van der Waals surface area contributed by atoms with E-state index in [0.717, 1.165) is 19.0 Å². The molecule has 0 aliphatic carbocycles. The summed E-state index contributed by atoms with van der Waals surface area (Å²) in [4.78, 5) is 12.4. The lowest BCUT2D eigenvalue weighted by Gasteiger charge is -2.16. The number of rotatable bonds is 2. The van der Waals surface area contributed by atoms with Crippen LogP contribution < -0.4 is 0 Å². The first-order valence-corrected chi connectivity index (χ1v) is 4.83. The van der Waals surface area contributed by atoms with Crippen molar-refractivity contribution < 1.29 is 9.90 Å². The molecule has 3 heteroatoms. The van der Waals surface area contributed by atoms with E-state index in [1.807, 2.05) is 0 Å². The van der Waals surface area contributed by atoms with Crippen LogP contribution in [0.2, 0.25) is 0 Å². The highest BCUT2D eigenvalue weighted by Gasteiger charge is 2.10. The third-order valence-electron chi connectivity index (χ3n) is 2.48. The lowest BCUT2D eigenvalue weighted by Crippen LogP contribution is -2.18. The van der Waals surface area contributed by atoms with Gasteiger partial charge in [-0.3, -0.25) is 0 Å². The fraction of sp³-hybridized carbons (Fsp3) is 0.700. The summed E-state index contributed by atoms with van der Waals surface area (Å²) in [6, 6.07) is 0. The first-order valence-electron chi connectivity index (χ1n) is 4.83. The molecule has 1 unspecified atom stereocenters. The molecule has 0 radical (unpaired) electrons. The smallest absolute Gasteiger partial charge is 0.329 e. The van der Waals surface area contributed by atoms with Gasteiger partial charge < -0.3 is 10.0 Å². The summed E-state index contributed by atoms with van der Waals surface area (Å²) >= 11 is 0. The molecule has 1 atom stereocenters. The molecule has 1 N–H and O–H groups in total. The highest BCUT2D eigenvalue weighted by atomic mass is 16.4. The fourth-order valence-electron chi connectivity index (χ4n) is 1.60. The highest BCUT2D eigenvalue weighted by molar-refractivity contribution is 5.79. The van der Waals surface area contributed by atoms with E-state index < -0.39 is 5.97 Å². The maximum Gasteiger partial charge on any atom is 0.329 e. The second-order valence-corrected chi connectivity index (χ2v) is 3.73. The van der Waals surface area contributed by atoms with Gasteiger partial charge in [0.1, 0.15) is 0 Å². The Morgan fingerprint density at radius 3 is 2.92 bits per heavy atom. The Bertz CT molecular complexity index is 201. The molecule has 74 valence electrons. The van der Waals surface area contributed by atoms with Gasteiger partial charge in [0, 0.05) is 25.4 Å². The molecule has 1 rings (SSSR count). The van der Waals surface area contributed by atoms with Crippen molar-refractivity contribution in [1.29, 1.82) is 0 Å². The lowest BCUT2D eigenvalue weighted by atomic mass is 10.0. The minimum Gasteiger partial charge on any atom is -0.478 e. The number of carboxylic acids is 1. The van der Waals surface area contributed by atoms with Gasteiger partial charge in [-0.25, -0.2) is 4.79 Å². The third kappa shape index (κ3) is 3.97. The van der Waals surface area contributed by atoms with Crippen molar-refractivity contribution in [3.8, 4) is 0 Å². The molecule has 13 heavy (non-hydrogen) atoms. The van der Waals surface area contributed by atoms with Crippen LogP contribution in [0.15, 0.2) is 12.3 Å². The van der Waals surface area contributed by atoms with Crippen molar-refractivity contribution in [3.63, 3.8) is 0 Å². The Balaban J connectivity index is 2.38. The largest absolute Gasteiger partial charge is 0.478 e. The first kappa shape index (κ1) is 10.1. The molecule has 3 nitrogen and oxygen atoms in total. The molecule has 0 aromatic rings. The van der Waals surface area contributed by atoms with Crippen LogP contribution in [0, 0.1) is 5.92 Å². The average Bonchev–Trinajstić information content (AvgIpc) is 2.27. The van der Waals surface area contributed by atoms with Crippen LogP contribution in [0.4, 0.5) is 0 Å². The maximum atomic E-state index is 10.3. The zero-order valence-corrected chi connectivity index (χ0v) is 8.07. The van der Waals surface area contributed by atoms with Crippen molar-refractivity contribution >= 4 is 5.97 Å². The molecule has 1 aliphatic heterocycles. The van der Waals surface area contributed by atoms with Gasteiger partial charge in [-0.05, 0) is 25.2 Å². The summed E-state index contributed by atoms with van der Waals surface area (Å²) in [6.45, 7) is 4.24. The minimum absolute atomic E-state index is 0.781. The van der Waals surface area contributed by atoms with Gasteiger partial charge in [0.25, 0.3) is 0 Å². The van der Waals surface area contributed by atoms with E-state index >= 15 is 0 Å². The van der Waals surface area contributed by atoms with E-state index in [1.165, 1.54) is 25.3 Å². The van der Waals surface area contributed by atoms with Crippen LogP contribution in [0.1, 0.15) is 26.2 Å². The van der Waals surface area contributed by atoms with Crippen molar-refractivity contribution in [3.05, 3.63) is 12.3 Å². The Hall–Kier alpha value is -0.990. The van der Waals surface area contributed by atoms with Crippen LogP contribution >= 0.6 is 0 Å². The van der Waals surface area contributed by atoms with Gasteiger partial charge in [-0.2, -0.15) is 0 Å². The summed E-state index contributed by atoms with van der Waals surface area (Å²) < 4.78 is 0. The lowest BCUT2D eigenvalue weighted by molar-refractivity contribution is -0.131. The van der Waals surface area contributed by atoms with E-state index in [2.05, 4.69) is 11.8 Å². The standard InChI is InChI=1S/C10H17NO2/c1-9-3-2-6-11(7-4-9)8-5-10(12)13/h5,8-9H,2-4,6-7H2,1H3,(H,12,13). The van der Waals surface area contributed by atoms with Gasteiger partial charge >= 0.3 is 5.97 Å². The number of nitrogens with zero attached hydrogens (tertiary/aromatic N) is 1. The van der Waals surface area contributed by atoms with Gasteiger partial charge in [-0.1, -0.05) is 6.92 Å². The molecule has 1 saturated heterocycles. The van der Waals surface area contributed by atoms with E-state index in [9.17, 15) is 4.79 Å². The van der Waals surface area contributed by atoms with Crippen molar-refractivity contribution in [2.75, 3.05) is 13.1 Å². The normalized spacial score (nSPS) is 24.7. The summed E-state index contributed by atoms with van der Waals surface area (Å²) in [5, 5.41) is 8.45. The second kappa shape index (κ2) is 4.90. The number of hydrogen-bond donors (Lipinski definition) is 1.